The van der Waals surface area contributed by atoms with E-state index in [4.69, 9.17) is 0 Å². The van der Waals surface area contributed by atoms with Crippen LogP contribution in [-0.4, -0.2) is 10.8 Å². The van der Waals surface area contributed by atoms with Gasteiger partial charge in [-0.15, -0.1) is 0 Å². The Hall–Kier alpha value is -0.890. The standard InChI is InChI=1S/C12H15NS/c1-9-5-4-6-12-11(9)7-10(8-14-3)13(12)2/h4-7H,8H2,1-3H3. The molecule has 1 heterocycles. The first-order valence-electron chi connectivity index (χ1n) is 4.77. The average Bonchev–Trinajstić information content (AvgIpc) is 2.48. The van der Waals surface area contributed by atoms with Crippen LogP contribution in [0.2, 0.25) is 0 Å². The summed E-state index contributed by atoms with van der Waals surface area (Å²) in [6.45, 7) is 2.17. The lowest BCUT2D eigenvalue weighted by molar-refractivity contribution is 0.910. The molecule has 2 rings (SSSR count). The van der Waals surface area contributed by atoms with Gasteiger partial charge in [0.2, 0.25) is 0 Å². The lowest BCUT2D eigenvalue weighted by Gasteiger charge is -2.01. The number of hydrogen-bond donors (Lipinski definition) is 0. The smallest absolute Gasteiger partial charge is 0.0482 e. The fourth-order valence-electron chi connectivity index (χ4n) is 1.85. The van der Waals surface area contributed by atoms with Gasteiger partial charge in [0.05, 0.1) is 0 Å². The molecule has 0 fully saturated rings. The van der Waals surface area contributed by atoms with E-state index in [9.17, 15) is 0 Å². The van der Waals surface area contributed by atoms with Crippen molar-refractivity contribution >= 4 is 22.7 Å². The van der Waals surface area contributed by atoms with Gasteiger partial charge in [0, 0.05) is 29.4 Å². The van der Waals surface area contributed by atoms with Crippen molar-refractivity contribution in [3.63, 3.8) is 0 Å². The van der Waals surface area contributed by atoms with Crippen LogP contribution in [-0.2, 0) is 12.8 Å². The summed E-state index contributed by atoms with van der Waals surface area (Å²) in [5.41, 5.74) is 4.11. The third kappa shape index (κ3) is 1.44. The van der Waals surface area contributed by atoms with E-state index in [-0.39, 0.29) is 0 Å². The molecule has 74 valence electrons. The number of thioether (sulfide) groups is 1. The number of hydrogen-bond acceptors (Lipinski definition) is 1. The van der Waals surface area contributed by atoms with E-state index in [1.807, 2.05) is 11.8 Å². The molecule has 1 aromatic carbocycles. The summed E-state index contributed by atoms with van der Waals surface area (Å²) in [7, 11) is 2.15. The number of fused-ring (bicyclic) bond motifs is 1. The van der Waals surface area contributed by atoms with Gasteiger partial charge in [0.15, 0.2) is 0 Å². The highest BCUT2D eigenvalue weighted by Gasteiger charge is 2.05. The van der Waals surface area contributed by atoms with Gasteiger partial charge in [-0.1, -0.05) is 12.1 Å². The molecular weight excluding hydrogens is 190 g/mol. The molecule has 2 heteroatoms. The van der Waals surface area contributed by atoms with Crippen LogP contribution in [0.3, 0.4) is 0 Å². The molecule has 0 N–H and O–H groups in total. The van der Waals surface area contributed by atoms with Crippen molar-refractivity contribution < 1.29 is 0 Å². The van der Waals surface area contributed by atoms with Crippen LogP contribution in [0.15, 0.2) is 24.3 Å². The van der Waals surface area contributed by atoms with Crippen molar-refractivity contribution in [1.29, 1.82) is 0 Å². The first-order valence-corrected chi connectivity index (χ1v) is 6.16. The Morgan fingerprint density at radius 3 is 2.79 bits per heavy atom. The SMILES string of the molecule is CSCc1cc2c(C)cccc2n1C. The minimum absolute atomic E-state index is 1.09. The molecule has 0 unspecified atom stereocenters. The van der Waals surface area contributed by atoms with E-state index in [2.05, 4.69) is 49.1 Å². The Bertz CT molecular complexity index is 457. The predicted molar refractivity (Wildman–Crippen MR) is 64.9 cm³/mol. The van der Waals surface area contributed by atoms with E-state index in [0.29, 0.717) is 0 Å². The van der Waals surface area contributed by atoms with E-state index >= 15 is 0 Å². The van der Waals surface area contributed by atoms with E-state index in [0.717, 1.165) is 5.75 Å². The van der Waals surface area contributed by atoms with Gasteiger partial charge < -0.3 is 4.57 Å². The molecule has 0 amide bonds. The topological polar surface area (TPSA) is 4.93 Å². The Labute approximate surface area is 89.1 Å². The third-order valence-electron chi connectivity index (χ3n) is 2.70. The molecule has 2 aromatic rings. The Morgan fingerprint density at radius 2 is 2.14 bits per heavy atom. The molecule has 0 aliphatic heterocycles. The van der Waals surface area contributed by atoms with Gasteiger partial charge in [-0.25, -0.2) is 0 Å². The molecule has 0 spiro atoms. The molecule has 0 atom stereocenters. The fourth-order valence-corrected chi connectivity index (χ4v) is 2.42. The molecule has 0 saturated carbocycles. The van der Waals surface area contributed by atoms with E-state index in [1.54, 1.807) is 0 Å². The van der Waals surface area contributed by atoms with E-state index in [1.165, 1.54) is 22.2 Å². The summed E-state index contributed by atoms with van der Waals surface area (Å²) in [4.78, 5) is 0. The van der Waals surface area contributed by atoms with Crippen molar-refractivity contribution in [3.8, 4) is 0 Å². The number of benzene rings is 1. The van der Waals surface area contributed by atoms with Crippen LogP contribution in [0.1, 0.15) is 11.3 Å². The minimum atomic E-state index is 1.09. The summed E-state index contributed by atoms with van der Waals surface area (Å²) in [5, 5.41) is 1.39. The lowest BCUT2D eigenvalue weighted by atomic mass is 10.1. The summed E-state index contributed by atoms with van der Waals surface area (Å²) >= 11 is 1.87. The van der Waals surface area contributed by atoms with Crippen LogP contribution in [0.4, 0.5) is 0 Å². The highest BCUT2D eigenvalue weighted by molar-refractivity contribution is 7.97. The van der Waals surface area contributed by atoms with Crippen LogP contribution in [0.25, 0.3) is 10.9 Å². The van der Waals surface area contributed by atoms with E-state index < -0.39 is 0 Å². The summed E-state index contributed by atoms with van der Waals surface area (Å²) in [5.74, 6) is 1.09. The molecule has 0 radical (unpaired) electrons. The zero-order chi connectivity index (χ0) is 10.1. The quantitative estimate of drug-likeness (QED) is 0.728. The molecule has 1 nitrogen and oxygen atoms in total. The maximum absolute atomic E-state index is 2.31. The summed E-state index contributed by atoms with van der Waals surface area (Å²) < 4.78 is 2.29. The van der Waals surface area contributed by atoms with Crippen molar-refractivity contribution in [1.82, 2.24) is 4.57 Å². The monoisotopic (exact) mass is 205 g/mol. The minimum Gasteiger partial charge on any atom is -0.347 e. The van der Waals surface area contributed by atoms with Crippen molar-refractivity contribution in [2.24, 2.45) is 7.05 Å². The molecule has 0 aliphatic rings. The van der Waals surface area contributed by atoms with Crippen LogP contribution in [0.5, 0.6) is 0 Å². The van der Waals surface area contributed by atoms with Gasteiger partial charge in [-0.3, -0.25) is 0 Å². The Balaban J connectivity index is 2.67. The van der Waals surface area contributed by atoms with Gasteiger partial charge in [-0.2, -0.15) is 11.8 Å². The lowest BCUT2D eigenvalue weighted by Crippen LogP contribution is -1.93. The highest BCUT2D eigenvalue weighted by atomic mass is 32.2. The van der Waals surface area contributed by atoms with Crippen LogP contribution in [0, 0.1) is 6.92 Å². The average molecular weight is 205 g/mol. The first-order chi connectivity index (χ1) is 6.74. The Morgan fingerprint density at radius 1 is 1.36 bits per heavy atom. The molecule has 0 bridgehead atoms. The molecular formula is C12H15NS. The number of aromatic nitrogens is 1. The van der Waals surface area contributed by atoms with Gasteiger partial charge >= 0.3 is 0 Å². The second-order valence-electron chi connectivity index (χ2n) is 3.64. The molecule has 0 aliphatic carbocycles. The molecule has 0 saturated heterocycles. The van der Waals surface area contributed by atoms with Crippen molar-refractivity contribution in [3.05, 3.63) is 35.5 Å². The second-order valence-corrected chi connectivity index (χ2v) is 4.50. The van der Waals surface area contributed by atoms with Crippen molar-refractivity contribution in [2.45, 2.75) is 12.7 Å². The zero-order valence-corrected chi connectivity index (χ0v) is 9.69. The van der Waals surface area contributed by atoms with Crippen LogP contribution < -0.4 is 0 Å². The summed E-state index contributed by atoms with van der Waals surface area (Å²) in [6.07, 6.45) is 2.14. The van der Waals surface area contributed by atoms with Crippen LogP contribution >= 0.6 is 11.8 Å². The summed E-state index contributed by atoms with van der Waals surface area (Å²) in [6, 6.07) is 8.79. The normalized spacial score (nSPS) is 11.1. The fraction of sp³-hybridized carbons (Fsp3) is 0.333. The van der Waals surface area contributed by atoms with Gasteiger partial charge in [0.1, 0.15) is 0 Å². The second kappa shape index (κ2) is 3.70. The van der Waals surface area contributed by atoms with Gasteiger partial charge in [-0.05, 0) is 30.9 Å². The maximum Gasteiger partial charge on any atom is 0.0482 e. The molecule has 14 heavy (non-hydrogen) atoms. The van der Waals surface area contributed by atoms with Crippen molar-refractivity contribution in [2.75, 3.05) is 6.26 Å². The van der Waals surface area contributed by atoms with Gasteiger partial charge in [0.25, 0.3) is 0 Å². The number of rotatable bonds is 2. The third-order valence-corrected chi connectivity index (χ3v) is 3.28. The Kier molecular flexibility index (Phi) is 2.55. The zero-order valence-electron chi connectivity index (χ0n) is 8.87. The maximum atomic E-state index is 2.31. The highest BCUT2D eigenvalue weighted by Crippen LogP contribution is 2.23. The first kappa shape index (κ1) is 9.66. The number of nitrogens with zero attached hydrogens (tertiary/aromatic N) is 1. The largest absolute Gasteiger partial charge is 0.347 e. The molecule has 1 aromatic heterocycles. The number of aryl methyl sites for hydroxylation is 2. The predicted octanol–water partition coefficient (Wildman–Crippen LogP) is 3.35.